The van der Waals surface area contributed by atoms with Crippen molar-refractivity contribution >= 4 is 18.0 Å². The van der Waals surface area contributed by atoms with E-state index in [4.69, 9.17) is 14.6 Å². The molecule has 3 rings (SSSR count). The van der Waals surface area contributed by atoms with Crippen molar-refractivity contribution in [3.8, 4) is 11.1 Å². The summed E-state index contributed by atoms with van der Waals surface area (Å²) in [6.07, 6.45) is -1.13. The van der Waals surface area contributed by atoms with Gasteiger partial charge in [0.1, 0.15) is 12.7 Å². The average molecular weight is 469 g/mol. The summed E-state index contributed by atoms with van der Waals surface area (Å²) in [5.41, 5.74) is 4.01. The molecule has 34 heavy (non-hydrogen) atoms. The molecule has 2 aromatic carbocycles. The van der Waals surface area contributed by atoms with E-state index >= 15 is 0 Å². The lowest BCUT2D eigenvalue weighted by molar-refractivity contribution is -0.140. The normalized spacial score (nSPS) is 13.5. The molecule has 8 heteroatoms. The van der Waals surface area contributed by atoms with Crippen LogP contribution in [0.1, 0.15) is 43.7 Å². The monoisotopic (exact) mass is 468 g/mol. The Hall–Kier alpha value is -3.39. The second-order valence-electron chi connectivity index (χ2n) is 9.22. The molecule has 0 fully saturated rings. The van der Waals surface area contributed by atoms with E-state index < -0.39 is 23.6 Å². The van der Waals surface area contributed by atoms with Crippen LogP contribution >= 0.6 is 0 Å². The highest BCUT2D eigenvalue weighted by molar-refractivity contribution is 5.81. The molecule has 0 aliphatic heterocycles. The van der Waals surface area contributed by atoms with Crippen LogP contribution in [0.25, 0.3) is 11.1 Å². The number of hydrogen-bond acceptors (Lipinski definition) is 5. The Morgan fingerprint density at radius 3 is 2.15 bits per heavy atom. The van der Waals surface area contributed by atoms with E-state index in [-0.39, 0.29) is 44.4 Å². The van der Waals surface area contributed by atoms with Gasteiger partial charge in [-0.2, -0.15) is 0 Å². The molecule has 1 aliphatic carbocycles. The van der Waals surface area contributed by atoms with E-state index in [2.05, 4.69) is 34.9 Å². The van der Waals surface area contributed by atoms with Gasteiger partial charge in [0, 0.05) is 32.5 Å². The standard InChI is InChI=1S/C26H32N2O6/c1-26(2,14-23(29)30)16-28-24(31)22(33-3)12-13-27-25(32)34-15-21-19-10-6-4-8-17(19)18-9-5-7-11-20(18)21/h4-11,21-22H,12-16H2,1-3H3,(H,27,32)(H,28,31)(H,29,30). The molecule has 0 aromatic heterocycles. The third-order valence-electron chi connectivity index (χ3n) is 5.97. The maximum absolute atomic E-state index is 12.4. The smallest absolute Gasteiger partial charge is 0.407 e. The van der Waals surface area contributed by atoms with Gasteiger partial charge in [-0.05, 0) is 27.7 Å². The number of carboxylic acid groups (broad SMARTS) is 1. The number of methoxy groups -OCH3 is 1. The van der Waals surface area contributed by atoms with Gasteiger partial charge in [0.15, 0.2) is 0 Å². The van der Waals surface area contributed by atoms with Crippen LogP contribution in [0, 0.1) is 5.41 Å². The maximum Gasteiger partial charge on any atom is 0.407 e. The molecule has 2 amide bonds. The van der Waals surface area contributed by atoms with E-state index in [0.717, 1.165) is 22.3 Å². The first kappa shape index (κ1) is 25.2. The Labute approximate surface area is 199 Å². The second kappa shape index (κ2) is 11.2. The number of rotatable bonds is 11. The van der Waals surface area contributed by atoms with E-state index in [1.54, 1.807) is 13.8 Å². The Morgan fingerprint density at radius 1 is 1.00 bits per heavy atom. The third-order valence-corrected chi connectivity index (χ3v) is 5.97. The minimum absolute atomic E-state index is 0.0233. The van der Waals surface area contributed by atoms with Gasteiger partial charge in [0.2, 0.25) is 5.91 Å². The van der Waals surface area contributed by atoms with E-state index in [0.29, 0.717) is 0 Å². The number of aliphatic carboxylic acids is 1. The molecule has 8 nitrogen and oxygen atoms in total. The number of amides is 2. The first-order valence-electron chi connectivity index (χ1n) is 11.3. The minimum atomic E-state index is -0.921. The Morgan fingerprint density at radius 2 is 1.59 bits per heavy atom. The lowest BCUT2D eigenvalue weighted by Crippen LogP contribution is -2.42. The summed E-state index contributed by atoms with van der Waals surface area (Å²) in [6, 6.07) is 16.2. The number of hydrogen-bond donors (Lipinski definition) is 3. The largest absolute Gasteiger partial charge is 0.481 e. The number of alkyl carbamates (subject to hydrolysis) is 1. The van der Waals surface area contributed by atoms with Crippen molar-refractivity contribution in [3.05, 3.63) is 59.7 Å². The molecule has 2 aromatic rings. The van der Waals surface area contributed by atoms with Crippen molar-refractivity contribution in [2.24, 2.45) is 5.41 Å². The third kappa shape index (κ3) is 6.35. The molecular weight excluding hydrogens is 436 g/mol. The Balaban J connectivity index is 1.45. The summed E-state index contributed by atoms with van der Waals surface area (Å²) in [6.45, 7) is 4.15. The van der Waals surface area contributed by atoms with Crippen molar-refractivity contribution in [3.63, 3.8) is 0 Å². The van der Waals surface area contributed by atoms with Gasteiger partial charge < -0.3 is 25.2 Å². The molecule has 0 bridgehead atoms. The van der Waals surface area contributed by atoms with E-state index in [9.17, 15) is 14.4 Å². The highest BCUT2D eigenvalue weighted by Gasteiger charge is 2.29. The molecule has 3 N–H and O–H groups in total. The van der Waals surface area contributed by atoms with E-state index in [1.165, 1.54) is 7.11 Å². The summed E-state index contributed by atoms with van der Waals surface area (Å²) in [5, 5.41) is 14.4. The molecule has 0 saturated heterocycles. The van der Waals surface area contributed by atoms with Gasteiger partial charge in [-0.3, -0.25) is 9.59 Å². The zero-order valence-electron chi connectivity index (χ0n) is 19.8. The van der Waals surface area contributed by atoms with Gasteiger partial charge in [-0.1, -0.05) is 62.4 Å². The summed E-state index contributed by atoms with van der Waals surface area (Å²) >= 11 is 0. The van der Waals surface area contributed by atoms with Crippen molar-refractivity contribution in [1.29, 1.82) is 0 Å². The molecule has 182 valence electrons. The Bertz CT molecular complexity index is 990. The molecule has 0 radical (unpaired) electrons. The predicted molar refractivity (Wildman–Crippen MR) is 128 cm³/mol. The molecule has 0 heterocycles. The molecule has 1 atom stereocenters. The van der Waals surface area contributed by atoms with Crippen molar-refractivity contribution in [2.75, 3.05) is 26.8 Å². The van der Waals surface area contributed by atoms with Crippen molar-refractivity contribution in [2.45, 2.75) is 38.7 Å². The lowest BCUT2D eigenvalue weighted by atomic mass is 9.89. The van der Waals surface area contributed by atoms with Crippen LogP contribution < -0.4 is 10.6 Å². The second-order valence-corrected chi connectivity index (χ2v) is 9.22. The topological polar surface area (TPSA) is 114 Å². The van der Waals surface area contributed by atoms with Gasteiger partial charge in [-0.15, -0.1) is 0 Å². The summed E-state index contributed by atoms with van der Waals surface area (Å²) in [5.74, 6) is -1.30. The number of ether oxygens (including phenoxy) is 2. The molecule has 0 spiro atoms. The number of carboxylic acids is 1. The number of benzene rings is 2. The molecular formula is C26H32N2O6. The molecule has 1 unspecified atom stereocenters. The van der Waals surface area contributed by atoms with Gasteiger partial charge in [0.05, 0.1) is 6.42 Å². The fraction of sp³-hybridized carbons (Fsp3) is 0.423. The molecule has 0 saturated carbocycles. The van der Waals surface area contributed by atoms with Crippen LogP contribution in [0.5, 0.6) is 0 Å². The lowest BCUT2D eigenvalue weighted by Gasteiger charge is -2.24. The first-order valence-corrected chi connectivity index (χ1v) is 11.3. The van der Waals surface area contributed by atoms with Gasteiger partial charge in [-0.25, -0.2) is 4.79 Å². The number of carbonyl (C=O) groups is 3. The Kier molecular flexibility index (Phi) is 8.28. The number of nitrogens with one attached hydrogen (secondary N) is 2. The fourth-order valence-corrected chi connectivity index (χ4v) is 4.22. The van der Waals surface area contributed by atoms with Crippen LogP contribution in [0.15, 0.2) is 48.5 Å². The number of fused-ring (bicyclic) bond motifs is 3. The summed E-state index contributed by atoms with van der Waals surface area (Å²) in [7, 11) is 1.42. The first-order chi connectivity index (χ1) is 16.2. The maximum atomic E-state index is 12.4. The van der Waals surface area contributed by atoms with Gasteiger partial charge >= 0.3 is 12.1 Å². The zero-order chi connectivity index (χ0) is 24.7. The van der Waals surface area contributed by atoms with Crippen LogP contribution in [0.4, 0.5) is 4.79 Å². The highest BCUT2D eigenvalue weighted by Crippen LogP contribution is 2.44. The van der Waals surface area contributed by atoms with Crippen LogP contribution in [-0.2, 0) is 19.1 Å². The van der Waals surface area contributed by atoms with Crippen LogP contribution in [0.2, 0.25) is 0 Å². The fourth-order valence-electron chi connectivity index (χ4n) is 4.22. The SMILES string of the molecule is COC(CCNC(=O)OCC1c2ccccc2-c2ccccc21)C(=O)NCC(C)(C)CC(=O)O. The van der Waals surface area contributed by atoms with Gasteiger partial charge in [0.25, 0.3) is 0 Å². The van der Waals surface area contributed by atoms with Crippen molar-refractivity contribution < 1.29 is 29.0 Å². The summed E-state index contributed by atoms with van der Waals surface area (Å²) < 4.78 is 10.7. The summed E-state index contributed by atoms with van der Waals surface area (Å²) in [4.78, 5) is 35.6. The van der Waals surface area contributed by atoms with Crippen LogP contribution in [0.3, 0.4) is 0 Å². The number of carbonyl (C=O) groups excluding carboxylic acids is 2. The highest BCUT2D eigenvalue weighted by atomic mass is 16.5. The minimum Gasteiger partial charge on any atom is -0.481 e. The quantitative estimate of drug-likeness (QED) is 0.465. The van der Waals surface area contributed by atoms with E-state index in [1.807, 2.05) is 24.3 Å². The average Bonchev–Trinajstić information content (AvgIpc) is 3.12. The zero-order valence-corrected chi connectivity index (χ0v) is 19.8. The predicted octanol–water partition coefficient (Wildman–Crippen LogP) is 3.55. The van der Waals surface area contributed by atoms with Crippen molar-refractivity contribution in [1.82, 2.24) is 10.6 Å². The van der Waals surface area contributed by atoms with Crippen LogP contribution in [-0.4, -0.2) is 56.0 Å². The molecule has 1 aliphatic rings.